The quantitative estimate of drug-likeness (QED) is 0.227. The fraction of sp³-hybridized carbons (Fsp3) is 0.143. The number of carbonyl (C=O) groups is 2. The van der Waals surface area contributed by atoms with Crippen LogP contribution in [-0.4, -0.2) is 35.4 Å². The number of carbonyl (C=O) groups excluding carboxylic acids is 2. The number of methoxy groups -OCH3 is 1. The van der Waals surface area contributed by atoms with Crippen molar-refractivity contribution in [1.82, 2.24) is 4.90 Å². The third kappa shape index (κ3) is 4.57. The molecule has 172 valence electrons. The number of ether oxygens (including phenoxy) is 2. The largest absolute Gasteiger partial charge is 0.507 e. The first-order valence-corrected chi connectivity index (χ1v) is 10.8. The molecule has 1 unspecified atom stereocenters. The van der Waals surface area contributed by atoms with Gasteiger partial charge in [0.25, 0.3) is 11.7 Å². The van der Waals surface area contributed by atoms with Gasteiger partial charge in [0.05, 0.1) is 18.7 Å². The van der Waals surface area contributed by atoms with Crippen LogP contribution in [0.25, 0.3) is 5.76 Å². The van der Waals surface area contributed by atoms with Crippen LogP contribution in [0, 0.1) is 0 Å². The number of amides is 1. The molecule has 1 N–H and O–H groups in total. The van der Waals surface area contributed by atoms with Gasteiger partial charge in [0.15, 0.2) is 0 Å². The van der Waals surface area contributed by atoms with E-state index in [4.69, 9.17) is 9.47 Å². The molecule has 6 heteroatoms. The van der Waals surface area contributed by atoms with E-state index in [2.05, 4.69) is 6.58 Å². The van der Waals surface area contributed by atoms with Crippen LogP contribution in [-0.2, 0) is 16.1 Å². The Balaban J connectivity index is 1.80. The van der Waals surface area contributed by atoms with E-state index in [0.29, 0.717) is 29.2 Å². The Kier molecular flexibility index (Phi) is 6.78. The predicted octanol–water partition coefficient (Wildman–Crippen LogP) is 4.88. The lowest BCUT2D eigenvalue weighted by molar-refractivity contribution is -0.140. The minimum atomic E-state index is -0.754. The summed E-state index contributed by atoms with van der Waals surface area (Å²) in [5, 5.41) is 11.2. The third-order valence-electron chi connectivity index (χ3n) is 5.66. The molecule has 0 saturated carbocycles. The fourth-order valence-corrected chi connectivity index (χ4v) is 3.98. The van der Waals surface area contributed by atoms with Crippen molar-refractivity contribution < 1.29 is 24.2 Å². The van der Waals surface area contributed by atoms with Gasteiger partial charge in [0, 0.05) is 12.1 Å². The van der Waals surface area contributed by atoms with E-state index in [-0.39, 0.29) is 17.9 Å². The van der Waals surface area contributed by atoms with Gasteiger partial charge >= 0.3 is 0 Å². The normalized spacial score (nSPS) is 17.0. The number of nitrogens with zero attached hydrogens (tertiary/aromatic N) is 1. The van der Waals surface area contributed by atoms with Crippen molar-refractivity contribution in [2.24, 2.45) is 0 Å². The van der Waals surface area contributed by atoms with Crippen LogP contribution in [0.3, 0.4) is 0 Å². The maximum atomic E-state index is 13.2. The zero-order valence-electron chi connectivity index (χ0n) is 18.8. The van der Waals surface area contributed by atoms with Crippen LogP contribution < -0.4 is 9.47 Å². The Bertz CT molecular complexity index is 1210. The molecule has 0 radical (unpaired) electrons. The van der Waals surface area contributed by atoms with Crippen molar-refractivity contribution >= 4 is 17.4 Å². The summed E-state index contributed by atoms with van der Waals surface area (Å²) in [6.07, 6.45) is 1.65. The average Bonchev–Trinajstić information content (AvgIpc) is 3.13. The van der Waals surface area contributed by atoms with Crippen molar-refractivity contribution in [1.29, 1.82) is 0 Å². The number of benzene rings is 3. The Morgan fingerprint density at radius 2 is 1.62 bits per heavy atom. The topological polar surface area (TPSA) is 76.1 Å². The molecule has 3 aromatic rings. The molecule has 3 aromatic carbocycles. The number of rotatable bonds is 8. The van der Waals surface area contributed by atoms with E-state index >= 15 is 0 Å². The van der Waals surface area contributed by atoms with Gasteiger partial charge in [-0.15, -0.1) is 0 Å². The van der Waals surface area contributed by atoms with E-state index < -0.39 is 17.7 Å². The second-order valence-electron chi connectivity index (χ2n) is 7.81. The van der Waals surface area contributed by atoms with Gasteiger partial charge in [-0.05, 0) is 47.5 Å². The highest BCUT2D eigenvalue weighted by molar-refractivity contribution is 6.46. The van der Waals surface area contributed by atoms with E-state index in [0.717, 1.165) is 5.56 Å². The van der Waals surface area contributed by atoms with Crippen molar-refractivity contribution in [2.75, 3.05) is 13.7 Å². The van der Waals surface area contributed by atoms with Crippen LogP contribution in [0.15, 0.2) is 97.1 Å². The Morgan fingerprint density at radius 1 is 0.971 bits per heavy atom. The average molecular weight is 456 g/mol. The predicted molar refractivity (Wildman–Crippen MR) is 129 cm³/mol. The van der Waals surface area contributed by atoms with Gasteiger partial charge in [-0.3, -0.25) is 9.59 Å². The van der Waals surface area contributed by atoms with Gasteiger partial charge in [-0.2, -0.15) is 0 Å². The Morgan fingerprint density at radius 3 is 2.24 bits per heavy atom. The van der Waals surface area contributed by atoms with Gasteiger partial charge in [0.2, 0.25) is 0 Å². The standard InChI is InChI=1S/C28H25NO5/c1-3-17-34-23-15-9-20(10-16-23)25-24(26(30)21-11-13-22(33-2)14-12-21)27(31)28(32)29(25)18-19-7-5-4-6-8-19/h3-16,25,30H,1,17-18H2,2H3/b26-24+. The van der Waals surface area contributed by atoms with Gasteiger partial charge < -0.3 is 19.5 Å². The van der Waals surface area contributed by atoms with Crippen molar-refractivity contribution in [3.63, 3.8) is 0 Å². The maximum Gasteiger partial charge on any atom is 0.295 e. The molecule has 0 bridgehead atoms. The molecule has 1 fully saturated rings. The molecule has 4 rings (SSSR count). The lowest BCUT2D eigenvalue weighted by atomic mass is 9.95. The van der Waals surface area contributed by atoms with Crippen LogP contribution in [0.1, 0.15) is 22.7 Å². The third-order valence-corrected chi connectivity index (χ3v) is 5.66. The molecular weight excluding hydrogens is 430 g/mol. The molecule has 0 aliphatic carbocycles. The van der Waals surface area contributed by atoms with Crippen molar-refractivity contribution in [3.8, 4) is 11.5 Å². The van der Waals surface area contributed by atoms with Crippen molar-refractivity contribution in [2.45, 2.75) is 12.6 Å². The first-order chi connectivity index (χ1) is 16.5. The summed E-state index contributed by atoms with van der Waals surface area (Å²) in [5.41, 5.74) is 2.04. The highest BCUT2D eigenvalue weighted by atomic mass is 16.5. The van der Waals surface area contributed by atoms with Crippen LogP contribution in [0.5, 0.6) is 11.5 Å². The Hall–Kier alpha value is -4.32. The molecular formula is C28H25NO5. The first-order valence-electron chi connectivity index (χ1n) is 10.8. The van der Waals surface area contributed by atoms with E-state index in [1.54, 1.807) is 61.7 Å². The van der Waals surface area contributed by atoms with Gasteiger partial charge in [0.1, 0.15) is 23.9 Å². The number of aliphatic hydroxyl groups excluding tert-OH is 1. The molecule has 1 heterocycles. The monoisotopic (exact) mass is 455 g/mol. The van der Waals surface area contributed by atoms with Gasteiger partial charge in [-0.25, -0.2) is 0 Å². The zero-order chi connectivity index (χ0) is 24.1. The Labute approximate surface area is 198 Å². The maximum absolute atomic E-state index is 13.2. The van der Waals surface area contributed by atoms with Crippen LogP contribution >= 0.6 is 0 Å². The molecule has 1 saturated heterocycles. The summed E-state index contributed by atoms with van der Waals surface area (Å²) >= 11 is 0. The summed E-state index contributed by atoms with van der Waals surface area (Å²) in [6.45, 7) is 4.23. The number of Topliss-reactive ketones (excluding diaryl/α,β-unsaturated/α-hetero) is 1. The minimum Gasteiger partial charge on any atom is -0.507 e. The van der Waals surface area contributed by atoms with Crippen LogP contribution in [0.4, 0.5) is 0 Å². The smallest absolute Gasteiger partial charge is 0.295 e. The lowest BCUT2D eigenvalue weighted by Gasteiger charge is -2.25. The molecule has 34 heavy (non-hydrogen) atoms. The lowest BCUT2D eigenvalue weighted by Crippen LogP contribution is -2.29. The first kappa shape index (κ1) is 22.9. The second kappa shape index (κ2) is 10.1. The molecule has 0 spiro atoms. The molecule has 1 aliphatic heterocycles. The van der Waals surface area contributed by atoms with E-state index in [9.17, 15) is 14.7 Å². The minimum absolute atomic E-state index is 0.0471. The molecule has 1 aliphatic rings. The summed E-state index contributed by atoms with van der Waals surface area (Å²) in [4.78, 5) is 27.8. The van der Waals surface area contributed by atoms with E-state index in [1.165, 1.54) is 4.90 Å². The van der Waals surface area contributed by atoms with Crippen molar-refractivity contribution in [3.05, 3.63) is 114 Å². The zero-order valence-corrected chi connectivity index (χ0v) is 18.8. The highest BCUT2D eigenvalue weighted by Gasteiger charge is 2.46. The molecule has 1 amide bonds. The van der Waals surface area contributed by atoms with E-state index in [1.807, 2.05) is 30.3 Å². The summed E-state index contributed by atoms with van der Waals surface area (Å²) in [5.74, 6) is -0.350. The fourth-order valence-electron chi connectivity index (χ4n) is 3.98. The summed E-state index contributed by atoms with van der Waals surface area (Å²) in [6, 6.07) is 22.5. The number of hydrogen-bond donors (Lipinski definition) is 1. The summed E-state index contributed by atoms with van der Waals surface area (Å²) < 4.78 is 10.7. The SMILES string of the molecule is C=CCOc1ccc(C2/C(=C(\O)c3ccc(OC)cc3)C(=O)C(=O)N2Cc2ccccc2)cc1. The number of hydrogen-bond acceptors (Lipinski definition) is 5. The number of likely N-dealkylation sites (tertiary alicyclic amines) is 1. The molecule has 1 atom stereocenters. The van der Waals surface area contributed by atoms with Crippen LogP contribution in [0.2, 0.25) is 0 Å². The molecule has 6 nitrogen and oxygen atoms in total. The molecule has 0 aromatic heterocycles. The highest BCUT2D eigenvalue weighted by Crippen LogP contribution is 2.40. The second-order valence-corrected chi connectivity index (χ2v) is 7.81. The number of ketones is 1. The van der Waals surface area contributed by atoms with Gasteiger partial charge in [-0.1, -0.05) is 55.1 Å². The summed E-state index contributed by atoms with van der Waals surface area (Å²) in [7, 11) is 1.55. The number of aliphatic hydroxyl groups is 1.